The molecule has 21 heavy (non-hydrogen) atoms. The van der Waals surface area contributed by atoms with E-state index >= 15 is 0 Å². The van der Waals surface area contributed by atoms with Gasteiger partial charge in [-0.05, 0) is 30.7 Å². The first-order chi connectivity index (χ1) is 9.43. The van der Waals surface area contributed by atoms with Crippen LogP contribution in [-0.2, 0) is 9.59 Å². The van der Waals surface area contributed by atoms with E-state index in [1.165, 1.54) is 12.1 Å². The van der Waals surface area contributed by atoms with Crippen LogP contribution in [0.5, 0.6) is 0 Å². The van der Waals surface area contributed by atoms with Crippen molar-refractivity contribution < 1.29 is 54.2 Å². The Bertz CT molecular complexity index is 504. The van der Waals surface area contributed by atoms with Crippen molar-refractivity contribution >= 4 is 23.5 Å². The maximum atomic E-state index is 11.8. The van der Waals surface area contributed by atoms with Crippen LogP contribution >= 0.6 is 0 Å². The quantitative estimate of drug-likeness (QED) is 0.449. The third-order valence-corrected chi connectivity index (χ3v) is 2.67. The molecule has 8 heteroatoms. The summed E-state index contributed by atoms with van der Waals surface area (Å²) in [4.78, 5) is 33.1. The van der Waals surface area contributed by atoms with Gasteiger partial charge in [-0.25, -0.2) is 0 Å². The van der Waals surface area contributed by atoms with Crippen LogP contribution in [0.3, 0.4) is 0 Å². The molecule has 0 heterocycles. The summed E-state index contributed by atoms with van der Waals surface area (Å²) in [6, 6.07) is 5.07. The topological polar surface area (TPSA) is 119 Å². The SMILES string of the molecule is CNc1ccc(C(=O)NC(CCC(=O)O)C(=O)[O-])cc1.[Na+]. The third kappa shape index (κ3) is 6.61. The fourth-order valence-corrected chi connectivity index (χ4v) is 1.55. The van der Waals surface area contributed by atoms with Gasteiger partial charge in [-0.2, -0.15) is 0 Å². The van der Waals surface area contributed by atoms with E-state index in [2.05, 4.69) is 10.6 Å². The summed E-state index contributed by atoms with van der Waals surface area (Å²) in [7, 11) is 1.73. The van der Waals surface area contributed by atoms with Crippen molar-refractivity contribution in [3.05, 3.63) is 29.8 Å². The normalized spacial score (nSPS) is 10.9. The Morgan fingerprint density at radius 3 is 2.24 bits per heavy atom. The summed E-state index contributed by atoms with van der Waals surface area (Å²) in [5.74, 6) is -3.23. The summed E-state index contributed by atoms with van der Waals surface area (Å²) < 4.78 is 0. The third-order valence-electron chi connectivity index (χ3n) is 2.67. The fourth-order valence-electron chi connectivity index (χ4n) is 1.55. The van der Waals surface area contributed by atoms with Crippen molar-refractivity contribution in [3.8, 4) is 0 Å². The van der Waals surface area contributed by atoms with E-state index in [0.717, 1.165) is 5.69 Å². The zero-order chi connectivity index (χ0) is 15.1. The Morgan fingerprint density at radius 2 is 1.81 bits per heavy atom. The molecule has 0 saturated heterocycles. The van der Waals surface area contributed by atoms with E-state index in [1.807, 2.05) is 0 Å². The molecule has 0 aliphatic carbocycles. The zero-order valence-electron chi connectivity index (χ0n) is 11.9. The van der Waals surface area contributed by atoms with Crippen molar-refractivity contribution in [3.63, 3.8) is 0 Å². The first kappa shape index (κ1) is 19.4. The number of nitrogens with one attached hydrogen (secondary N) is 2. The number of carboxylic acids is 2. The molecule has 0 aromatic heterocycles. The maximum absolute atomic E-state index is 11.8. The molecule has 3 N–H and O–H groups in total. The minimum Gasteiger partial charge on any atom is -0.548 e. The number of carbonyl (C=O) groups excluding carboxylic acids is 2. The molecule has 0 aliphatic rings. The van der Waals surface area contributed by atoms with E-state index in [0.29, 0.717) is 0 Å². The number of anilines is 1. The predicted octanol–water partition coefficient (Wildman–Crippen LogP) is -3.55. The number of carboxylic acid groups (broad SMARTS) is 2. The van der Waals surface area contributed by atoms with E-state index in [9.17, 15) is 19.5 Å². The van der Waals surface area contributed by atoms with Gasteiger partial charge in [0.2, 0.25) is 0 Å². The van der Waals surface area contributed by atoms with Crippen LogP contribution in [0.15, 0.2) is 24.3 Å². The summed E-state index contributed by atoms with van der Waals surface area (Å²) in [6.45, 7) is 0. The monoisotopic (exact) mass is 302 g/mol. The Labute approximate surface area is 144 Å². The average Bonchev–Trinajstić information content (AvgIpc) is 2.42. The molecule has 0 bridgehead atoms. The number of aliphatic carboxylic acids is 2. The molecule has 108 valence electrons. The molecule has 1 unspecified atom stereocenters. The fraction of sp³-hybridized carbons (Fsp3) is 0.308. The minimum absolute atomic E-state index is 0. The standard InChI is InChI=1S/C13H16N2O5.Na/c1-14-9-4-2-8(3-5-9)12(18)15-10(13(19)20)6-7-11(16)17;/h2-5,10,14H,6-7H2,1H3,(H,15,18)(H,16,17)(H,19,20);/q;+1/p-1. The molecule has 0 radical (unpaired) electrons. The number of hydrogen-bond acceptors (Lipinski definition) is 5. The number of rotatable bonds is 7. The van der Waals surface area contributed by atoms with E-state index < -0.39 is 23.9 Å². The smallest absolute Gasteiger partial charge is 0.548 e. The van der Waals surface area contributed by atoms with Gasteiger partial charge in [0.15, 0.2) is 0 Å². The molecule has 0 saturated carbocycles. The van der Waals surface area contributed by atoms with Crippen molar-refractivity contribution in [1.82, 2.24) is 5.32 Å². The Hall–Kier alpha value is -1.57. The Morgan fingerprint density at radius 1 is 1.24 bits per heavy atom. The predicted molar refractivity (Wildman–Crippen MR) is 69.1 cm³/mol. The van der Waals surface area contributed by atoms with Gasteiger partial charge >= 0.3 is 35.5 Å². The molecule has 1 rings (SSSR count). The van der Waals surface area contributed by atoms with Crippen LogP contribution in [-0.4, -0.2) is 36.0 Å². The first-order valence-electron chi connectivity index (χ1n) is 5.95. The van der Waals surface area contributed by atoms with Crippen LogP contribution in [0.4, 0.5) is 5.69 Å². The molecule has 0 aliphatic heterocycles. The second kappa shape index (κ2) is 9.38. The maximum Gasteiger partial charge on any atom is 1.00 e. The minimum atomic E-state index is -1.51. The van der Waals surface area contributed by atoms with E-state index in [4.69, 9.17) is 5.11 Å². The van der Waals surface area contributed by atoms with Crippen molar-refractivity contribution in [2.45, 2.75) is 18.9 Å². The number of carbonyl (C=O) groups is 3. The van der Waals surface area contributed by atoms with Crippen molar-refractivity contribution in [2.75, 3.05) is 12.4 Å². The molecule has 1 atom stereocenters. The van der Waals surface area contributed by atoms with Gasteiger partial charge in [-0.1, -0.05) is 0 Å². The van der Waals surface area contributed by atoms with Gasteiger partial charge in [0.25, 0.3) is 5.91 Å². The molecule has 0 spiro atoms. The summed E-state index contributed by atoms with van der Waals surface area (Å²) in [6.07, 6.45) is -0.588. The second-order valence-electron chi connectivity index (χ2n) is 4.10. The number of amides is 1. The molecule has 0 fully saturated rings. The summed E-state index contributed by atoms with van der Waals surface area (Å²) >= 11 is 0. The molecular weight excluding hydrogens is 287 g/mol. The summed E-state index contributed by atoms with van der Waals surface area (Å²) in [5, 5.41) is 24.5. The van der Waals surface area contributed by atoms with Crippen LogP contribution in [0.25, 0.3) is 0 Å². The van der Waals surface area contributed by atoms with Gasteiger partial charge in [0, 0.05) is 24.7 Å². The summed E-state index contributed by atoms with van der Waals surface area (Å²) in [5.41, 5.74) is 1.09. The van der Waals surface area contributed by atoms with Gasteiger partial charge in [-0.15, -0.1) is 0 Å². The van der Waals surface area contributed by atoms with Crippen LogP contribution in [0.2, 0.25) is 0 Å². The molecule has 7 nitrogen and oxygen atoms in total. The van der Waals surface area contributed by atoms with Crippen LogP contribution in [0.1, 0.15) is 23.2 Å². The molecule has 1 aromatic rings. The molecular formula is C13H15N2NaO5. The number of hydrogen-bond donors (Lipinski definition) is 3. The molecule has 1 amide bonds. The van der Waals surface area contributed by atoms with E-state index in [1.54, 1.807) is 19.2 Å². The van der Waals surface area contributed by atoms with Gasteiger partial charge in [0.1, 0.15) is 0 Å². The van der Waals surface area contributed by atoms with Gasteiger partial charge in [-0.3, -0.25) is 9.59 Å². The van der Waals surface area contributed by atoms with E-state index in [-0.39, 0.29) is 48.0 Å². The average molecular weight is 302 g/mol. The zero-order valence-corrected chi connectivity index (χ0v) is 13.9. The first-order valence-corrected chi connectivity index (χ1v) is 5.95. The number of benzene rings is 1. The Balaban J connectivity index is 0.00000400. The largest absolute Gasteiger partial charge is 1.00 e. The Kier molecular flexibility index (Phi) is 8.68. The second-order valence-corrected chi connectivity index (χ2v) is 4.10. The van der Waals surface area contributed by atoms with Crippen LogP contribution < -0.4 is 45.3 Å². The molecule has 1 aromatic carbocycles. The van der Waals surface area contributed by atoms with Gasteiger partial charge in [0.05, 0.1) is 12.0 Å². The van der Waals surface area contributed by atoms with Crippen molar-refractivity contribution in [2.24, 2.45) is 0 Å². The van der Waals surface area contributed by atoms with Gasteiger partial charge < -0.3 is 25.6 Å². The van der Waals surface area contributed by atoms with Crippen molar-refractivity contribution in [1.29, 1.82) is 0 Å². The van der Waals surface area contributed by atoms with Crippen LogP contribution in [0, 0.1) is 0 Å².